The van der Waals surface area contributed by atoms with Crippen LogP contribution in [0.4, 0.5) is 32.2 Å². The number of nitrogens with one attached hydrogen (secondary N) is 6. The van der Waals surface area contributed by atoms with E-state index in [1.54, 1.807) is 0 Å². The van der Waals surface area contributed by atoms with Crippen LogP contribution >= 0.6 is 0 Å². The molecule has 21 heavy (non-hydrogen) atoms. The Bertz CT molecular complexity index is 459. The molecule has 0 spiro atoms. The van der Waals surface area contributed by atoms with E-state index in [1.807, 2.05) is 0 Å². The Morgan fingerprint density at radius 1 is 0.619 bits per heavy atom. The van der Waals surface area contributed by atoms with Crippen molar-refractivity contribution in [3.05, 3.63) is 0 Å². The summed E-state index contributed by atoms with van der Waals surface area (Å²) < 4.78 is 0. The van der Waals surface area contributed by atoms with Gasteiger partial charge in [0, 0.05) is 21.1 Å². The third-order valence-corrected chi connectivity index (χ3v) is 1.99. The fraction of sp³-hybridized carbons (Fsp3) is 0.333. The molecule has 0 aromatic carbocycles. The number of hydrogen-bond acceptors (Lipinski definition) is 6. The maximum atomic E-state index is 11.2. The van der Waals surface area contributed by atoms with Crippen LogP contribution in [-0.4, -0.2) is 54.2 Å². The maximum Gasteiger partial charge on any atom is 0.321 e. The molecule has 12 nitrogen and oxygen atoms in total. The van der Waals surface area contributed by atoms with Gasteiger partial charge in [-0.25, -0.2) is 14.4 Å². The van der Waals surface area contributed by atoms with Gasteiger partial charge in [-0.3, -0.25) is 16.0 Å². The highest BCUT2D eigenvalue weighted by atomic mass is 16.2. The third kappa shape index (κ3) is 5.14. The molecule has 0 bridgehead atoms. The van der Waals surface area contributed by atoms with E-state index in [2.05, 4.69) is 46.9 Å². The summed E-state index contributed by atoms with van der Waals surface area (Å²) in [5.41, 5.74) is 0. The highest BCUT2D eigenvalue weighted by molar-refractivity contribution is 5.90. The lowest BCUT2D eigenvalue weighted by atomic mass is 10.7. The smallest absolute Gasteiger partial charge is 0.321 e. The van der Waals surface area contributed by atoms with Gasteiger partial charge in [0.25, 0.3) is 0 Å². The minimum absolute atomic E-state index is 0.151. The Morgan fingerprint density at radius 3 is 1.05 bits per heavy atom. The number of amides is 6. The number of anilines is 3. The minimum atomic E-state index is -0.571. The lowest BCUT2D eigenvalue weighted by molar-refractivity contribution is 0.253. The van der Waals surface area contributed by atoms with Crippen molar-refractivity contribution >= 4 is 35.9 Å². The van der Waals surface area contributed by atoms with Crippen LogP contribution in [0.5, 0.6) is 0 Å². The third-order valence-electron chi connectivity index (χ3n) is 1.99. The first-order valence-corrected chi connectivity index (χ1v) is 5.70. The topological polar surface area (TPSA) is 162 Å². The molecule has 0 saturated heterocycles. The fourth-order valence-corrected chi connectivity index (χ4v) is 1.04. The molecule has 1 rings (SSSR count). The molecule has 12 heteroatoms. The predicted molar refractivity (Wildman–Crippen MR) is 74.1 cm³/mol. The van der Waals surface area contributed by atoms with E-state index in [4.69, 9.17) is 0 Å². The van der Waals surface area contributed by atoms with Crippen LogP contribution in [0, 0.1) is 0 Å². The Hall–Kier alpha value is -3.18. The Labute approximate surface area is 119 Å². The van der Waals surface area contributed by atoms with Crippen LogP contribution in [0.25, 0.3) is 0 Å². The maximum absolute atomic E-state index is 11.2. The zero-order valence-electron chi connectivity index (χ0n) is 11.6. The highest BCUT2D eigenvalue weighted by Crippen LogP contribution is 2.09. The Kier molecular flexibility index (Phi) is 5.61. The summed E-state index contributed by atoms with van der Waals surface area (Å²) in [5, 5.41) is 13.8. The van der Waals surface area contributed by atoms with E-state index >= 15 is 0 Å². The van der Waals surface area contributed by atoms with Crippen molar-refractivity contribution in [3.8, 4) is 0 Å². The first-order chi connectivity index (χ1) is 9.98. The number of aromatic nitrogens is 3. The molecule has 0 aliphatic heterocycles. The minimum Gasteiger partial charge on any atom is -0.341 e. The van der Waals surface area contributed by atoms with Gasteiger partial charge in [-0.05, 0) is 0 Å². The predicted octanol–water partition coefficient (Wildman–Crippen LogP) is -0.875. The lowest BCUT2D eigenvalue weighted by Gasteiger charge is -2.09. The van der Waals surface area contributed by atoms with E-state index in [9.17, 15) is 14.4 Å². The van der Waals surface area contributed by atoms with E-state index in [-0.39, 0.29) is 17.8 Å². The summed E-state index contributed by atoms with van der Waals surface area (Å²) in [6.07, 6.45) is 0. The van der Waals surface area contributed by atoms with Crippen LogP contribution < -0.4 is 31.9 Å². The molecule has 1 aromatic rings. The number of urea groups is 3. The molecule has 114 valence electrons. The van der Waals surface area contributed by atoms with Gasteiger partial charge in [-0.1, -0.05) is 0 Å². The van der Waals surface area contributed by atoms with Gasteiger partial charge in [-0.2, -0.15) is 15.0 Å². The first kappa shape index (κ1) is 15.9. The average Bonchev–Trinajstić information content (AvgIpc) is 2.46. The number of rotatable bonds is 3. The van der Waals surface area contributed by atoms with E-state index in [1.165, 1.54) is 21.1 Å². The average molecular weight is 297 g/mol. The van der Waals surface area contributed by atoms with Crippen molar-refractivity contribution in [1.29, 1.82) is 0 Å². The second kappa shape index (κ2) is 7.42. The van der Waals surface area contributed by atoms with Gasteiger partial charge in [0.05, 0.1) is 0 Å². The molecule has 1 aromatic heterocycles. The number of hydrogen-bond donors (Lipinski definition) is 6. The molecule has 0 atom stereocenters. The van der Waals surface area contributed by atoms with Crippen LogP contribution in [0.1, 0.15) is 0 Å². The summed E-state index contributed by atoms with van der Waals surface area (Å²) in [6, 6.07) is -1.71. The standard InChI is InChI=1S/C9H15N9O3/c1-10-7(19)16-4-13-5(17-8(20)11-2)15-6(14-4)18-9(21)12-3/h1-3H3,(H6,10,11,12,13,14,15,16,17,18,19,20,21). The molecule has 6 N–H and O–H groups in total. The van der Waals surface area contributed by atoms with Crippen molar-refractivity contribution in [1.82, 2.24) is 30.9 Å². The SMILES string of the molecule is CNC(=O)Nc1nc(NC(=O)NC)nc(NC(=O)NC)n1. The van der Waals surface area contributed by atoms with Crippen LogP contribution in [-0.2, 0) is 0 Å². The zero-order valence-corrected chi connectivity index (χ0v) is 11.6. The molecule has 0 unspecified atom stereocenters. The van der Waals surface area contributed by atoms with E-state index in [0.29, 0.717) is 0 Å². The first-order valence-electron chi connectivity index (χ1n) is 5.70. The summed E-state index contributed by atoms with van der Waals surface area (Å²) >= 11 is 0. The molecule has 6 amide bonds. The van der Waals surface area contributed by atoms with Gasteiger partial charge in [0.1, 0.15) is 0 Å². The van der Waals surface area contributed by atoms with Crippen LogP contribution in [0.2, 0.25) is 0 Å². The summed E-state index contributed by atoms with van der Waals surface area (Å²) in [6.45, 7) is 0. The van der Waals surface area contributed by atoms with Gasteiger partial charge >= 0.3 is 18.1 Å². The van der Waals surface area contributed by atoms with Crippen molar-refractivity contribution < 1.29 is 14.4 Å². The number of carbonyl (C=O) groups excluding carboxylic acids is 3. The molecule has 1 heterocycles. The van der Waals surface area contributed by atoms with Crippen LogP contribution in [0.3, 0.4) is 0 Å². The number of carbonyl (C=O) groups is 3. The summed E-state index contributed by atoms with van der Waals surface area (Å²) in [7, 11) is 4.22. The Balaban J connectivity index is 3.03. The van der Waals surface area contributed by atoms with Gasteiger partial charge < -0.3 is 16.0 Å². The van der Waals surface area contributed by atoms with Crippen molar-refractivity contribution in [2.24, 2.45) is 0 Å². The van der Waals surface area contributed by atoms with Crippen molar-refractivity contribution in [2.45, 2.75) is 0 Å². The molecule has 0 radical (unpaired) electrons. The second-order valence-electron chi connectivity index (χ2n) is 3.42. The molecule has 0 aliphatic carbocycles. The lowest BCUT2D eigenvalue weighted by Crippen LogP contribution is -2.30. The molecular weight excluding hydrogens is 282 g/mol. The zero-order chi connectivity index (χ0) is 15.8. The summed E-state index contributed by atoms with van der Waals surface area (Å²) in [5.74, 6) is -0.452. The quantitative estimate of drug-likeness (QED) is 0.424. The van der Waals surface area contributed by atoms with Gasteiger partial charge in [0.2, 0.25) is 17.8 Å². The van der Waals surface area contributed by atoms with E-state index in [0.717, 1.165) is 0 Å². The fourth-order valence-electron chi connectivity index (χ4n) is 1.04. The molecular formula is C9H15N9O3. The van der Waals surface area contributed by atoms with Gasteiger partial charge in [-0.15, -0.1) is 0 Å². The Morgan fingerprint density at radius 2 is 0.857 bits per heavy atom. The monoisotopic (exact) mass is 297 g/mol. The normalized spacial score (nSPS) is 9.29. The molecule has 0 fully saturated rings. The van der Waals surface area contributed by atoms with Crippen molar-refractivity contribution in [3.63, 3.8) is 0 Å². The molecule has 0 aliphatic rings. The van der Waals surface area contributed by atoms with Gasteiger partial charge in [0.15, 0.2) is 0 Å². The van der Waals surface area contributed by atoms with E-state index < -0.39 is 18.1 Å². The molecule has 0 saturated carbocycles. The summed E-state index contributed by atoms with van der Waals surface area (Å²) in [4.78, 5) is 45.1. The van der Waals surface area contributed by atoms with Crippen molar-refractivity contribution in [2.75, 3.05) is 37.1 Å². The van der Waals surface area contributed by atoms with Crippen LogP contribution in [0.15, 0.2) is 0 Å². The largest absolute Gasteiger partial charge is 0.341 e. The second-order valence-corrected chi connectivity index (χ2v) is 3.42. The highest BCUT2D eigenvalue weighted by Gasteiger charge is 2.12. The number of nitrogens with zero attached hydrogens (tertiary/aromatic N) is 3.